The van der Waals surface area contributed by atoms with Gasteiger partial charge < -0.3 is 5.32 Å². The van der Waals surface area contributed by atoms with Crippen molar-refractivity contribution in [3.63, 3.8) is 0 Å². The molecule has 0 radical (unpaired) electrons. The Bertz CT molecular complexity index is 450. The van der Waals surface area contributed by atoms with Gasteiger partial charge in [0.15, 0.2) is 0 Å². The Labute approximate surface area is 86.2 Å². The number of amidine groups is 1. The molecule has 0 saturated heterocycles. The highest BCUT2D eigenvalue weighted by molar-refractivity contribution is 5.88. The van der Waals surface area contributed by atoms with Crippen LogP contribution in [0.4, 0.5) is 13.2 Å². The molecule has 1 aliphatic rings. The molecular weight excluding hydrogens is 201 g/mol. The number of carbonyl (C=O) groups is 1. The molecule has 80 valence electrons. The largest absolute Gasteiger partial charge is 0.472 e. The summed E-state index contributed by atoms with van der Waals surface area (Å²) in [5.41, 5.74) is 2.60. The molecule has 0 aromatic carbocycles. The van der Waals surface area contributed by atoms with Crippen LogP contribution in [0.3, 0.4) is 0 Å². The maximum absolute atomic E-state index is 11.9. The van der Waals surface area contributed by atoms with Gasteiger partial charge >= 0.3 is 12.1 Å². The van der Waals surface area contributed by atoms with Crippen LogP contribution in [0.15, 0.2) is 4.99 Å². The van der Waals surface area contributed by atoms with E-state index in [1.54, 1.807) is 5.32 Å². The van der Waals surface area contributed by atoms with Gasteiger partial charge in [0, 0.05) is 9.24 Å². The predicted octanol–water partition coefficient (Wildman–Crippen LogP) is -0.829. The molecule has 1 amide bonds. The third kappa shape index (κ3) is 3.21. The zero-order valence-corrected chi connectivity index (χ0v) is 6.49. The number of rotatable bonds is 0. The van der Waals surface area contributed by atoms with Gasteiger partial charge in [-0.15, -0.1) is 0 Å². The predicted molar refractivity (Wildman–Crippen MR) is 42.5 cm³/mol. The summed E-state index contributed by atoms with van der Waals surface area (Å²) in [4.78, 5) is 13.6. The summed E-state index contributed by atoms with van der Waals surface area (Å²) in [7, 11) is 0. The standard InChI is InChI=1S/C6H9F3N4O/c7-6(8,9)5(14)13-12-4-3-10-1-2-11-4/h10H,1-3H2,(H,11,12)(H,13,14)/i1D2,2D2,3D2. The van der Waals surface area contributed by atoms with Crippen LogP contribution in [0, 0.1) is 0 Å². The monoisotopic (exact) mass is 216 g/mol. The van der Waals surface area contributed by atoms with E-state index in [1.807, 2.05) is 0 Å². The summed E-state index contributed by atoms with van der Waals surface area (Å²) < 4.78 is 79.4. The Balaban J connectivity index is 2.94. The second-order valence-electron chi connectivity index (χ2n) is 2.02. The topological polar surface area (TPSA) is 65.5 Å². The number of aliphatic imine (C=N–C) groups is 1. The highest BCUT2D eigenvalue weighted by atomic mass is 19.4. The van der Waals surface area contributed by atoms with E-state index in [4.69, 9.17) is 8.22 Å². The van der Waals surface area contributed by atoms with Crippen molar-refractivity contribution in [1.29, 1.82) is 0 Å². The Morgan fingerprint density at radius 1 is 1.64 bits per heavy atom. The summed E-state index contributed by atoms with van der Waals surface area (Å²) >= 11 is 0. The van der Waals surface area contributed by atoms with E-state index in [-0.39, 0.29) is 0 Å². The Kier molecular flexibility index (Phi) is 1.51. The first-order valence-corrected chi connectivity index (χ1v) is 3.22. The lowest BCUT2D eigenvalue weighted by molar-refractivity contribution is -0.174. The van der Waals surface area contributed by atoms with Crippen molar-refractivity contribution in [3.8, 4) is 0 Å². The Hall–Kier alpha value is -1.31. The SMILES string of the molecule is [2H]C1([2H])NC([2H])([2H])C([2H])([2H])N=C1NNC(=O)C(F)(F)F. The smallest absolute Gasteiger partial charge is 0.308 e. The molecule has 3 N–H and O–H groups in total. The molecule has 0 unspecified atom stereocenters. The summed E-state index contributed by atoms with van der Waals surface area (Å²) in [5.74, 6) is -3.47. The van der Waals surface area contributed by atoms with E-state index >= 15 is 0 Å². The average Bonchev–Trinajstić information content (AvgIpc) is 2.18. The third-order valence-corrected chi connectivity index (χ3v) is 1.02. The fraction of sp³-hybridized carbons (Fsp3) is 0.667. The lowest BCUT2D eigenvalue weighted by Gasteiger charge is -2.16. The highest BCUT2D eigenvalue weighted by Crippen LogP contribution is 2.13. The number of amides is 1. The minimum Gasteiger partial charge on any atom is -0.308 e. The molecule has 1 aliphatic heterocycles. The van der Waals surface area contributed by atoms with Gasteiger partial charge in [0.2, 0.25) is 0 Å². The number of hydrogen-bond donors (Lipinski definition) is 3. The summed E-state index contributed by atoms with van der Waals surface area (Å²) in [5, 5.41) is 1.60. The minimum atomic E-state index is -5.23. The lowest BCUT2D eigenvalue weighted by Crippen LogP contribution is -2.51. The minimum absolute atomic E-state index is 1.03. The average molecular weight is 216 g/mol. The van der Waals surface area contributed by atoms with Gasteiger partial charge in [0.05, 0.1) is 18.5 Å². The number of nitrogens with zero attached hydrogens (tertiary/aromatic N) is 1. The third-order valence-electron chi connectivity index (χ3n) is 1.02. The molecule has 0 fully saturated rings. The quantitative estimate of drug-likeness (QED) is 0.463. The van der Waals surface area contributed by atoms with Crippen molar-refractivity contribution in [2.24, 2.45) is 4.99 Å². The molecular formula is C6H9F3N4O. The second-order valence-corrected chi connectivity index (χ2v) is 2.02. The van der Waals surface area contributed by atoms with E-state index in [0.29, 0.717) is 0 Å². The molecule has 0 spiro atoms. The first-order chi connectivity index (χ1) is 8.69. The number of nitrogens with one attached hydrogen (secondary N) is 3. The molecule has 0 atom stereocenters. The van der Waals surface area contributed by atoms with Gasteiger partial charge in [-0.1, -0.05) is 0 Å². The Morgan fingerprint density at radius 3 is 3.00 bits per heavy atom. The zero-order valence-electron chi connectivity index (χ0n) is 12.5. The van der Waals surface area contributed by atoms with Crippen LogP contribution in [-0.2, 0) is 4.79 Å². The first kappa shape index (κ1) is 4.96. The van der Waals surface area contributed by atoms with Crippen LogP contribution in [-0.4, -0.2) is 37.4 Å². The van der Waals surface area contributed by atoms with E-state index in [0.717, 1.165) is 5.43 Å². The van der Waals surface area contributed by atoms with Gasteiger partial charge in [-0.2, -0.15) is 13.2 Å². The van der Waals surface area contributed by atoms with Crippen molar-refractivity contribution >= 4 is 11.7 Å². The molecule has 14 heavy (non-hydrogen) atoms. The molecule has 0 aromatic rings. The fourth-order valence-electron chi connectivity index (χ4n) is 0.476. The molecule has 8 heteroatoms. The zero-order chi connectivity index (χ0) is 16.0. The molecule has 5 nitrogen and oxygen atoms in total. The van der Waals surface area contributed by atoms with Crippen LogP contribution >= 0.6 is 0 Å². The van der Waals surface area contributed by atoms with Crippen molar-refractivity contribution in [2.45, 2.75) is 6.18 Å². The van der Waals surface area contributed by atoms with Gasteiger partial charge in [0.25, 0.3) is 0 Å². The summed E-state index contributed by atoms with van der Waals surface area (Å²) in [6, 6.07) is 0. The number of carbonyl (C=O) groups excluding carboxylic acids is 1. The Morgan fingerprint density at radius 2 is 2.36 bits per heavy atom. The van der Waals surface area contributed by atoms with Crippen molar-refractivity contribution in [3.05, 3.63) is 0 Å². The van der Waals surface area contributed by atoms with Gasteiger partial charge in [0.1, 0.15) is 5.84 Å². The number of alkyl halides is 3. The first-order valence-electron chi connectivity index (χ1n) is 6.22. The molecule has 0 bridgehead atoms. The lowest BCUT2D eigenvalue weighted by atomic mass is 10.4. The second kappa shape index (κ2) is 4.27. The fourth-order valence-corrected chi connectivity index (χ4v) is 0.476. The maximum atomic E-state index is 11.9. The number of hydrazine groups is 1. The molecule has 1 heterocycles. The normalized spacial score (nSPS) is 34.4. The van der Waals surface area contributed by atoms with E-state index in [1.165, 1.54) is 5.43 Å². The summed E-state index contributed by atoms with van der Waals surface area (Å²) in [6.07, 6.45) is -5.23. The van der Waals surface area contributed by atoms with Gasteiger partial charge in [-0.05, 0) is 0 Å². The number of halogens is 3. The van der Waals surface area contributed by atoms with Gasteiger partial charge in [-0.25, -0.2) is 0 Å². The van der Waals surface area contributed by atoms with Crippen molar-refractivity contribution in [1.82, 2.24) is 16.2 Å². The molecule has 0 aliphatic carbocycles. The molecule has 0 saturated carbocycles. The summed E-state index contributed by atoms with van der Waals surface area (Å²) in [6.45, 7) is -8.66. The van der Waals surface area contributed by atoms with Crippen molar-refractivity contribution < 1.29 is 26.2 Å². The van der Waals surface area contributed by atoms with Crippen molar-refractivity contribution in [2.75, 3.05) is 19.5 Å². The van der Waals surface area contributed by atoms with Crippen LogP contribution in [0.1, 0.15) is 8.22 Å². The van der Waals surface area contributed by atoms with E-state index in [9.17, 15) is 18.0 Å². The molecule has 0 aromatic heterocycles. The maximum Gasteiger partial charge on any atom is 0.472 e. The highest BCUT2D eigenvalue weighted by Gasteiger charge is 2.38. The van der Waals surface area contributed by atoms with Gasteiger partial charge in [-0.3, -0.25) is 20.6 Å². The van der Waals surface area contributed by atoms with Crippen LogP contribution in [0.25, 0.3) is 0 Å². The van der Waals surface area contributed by atoms with E-state index in [2.05, 4.69) is 4.99 Å². The van der Waals surface area contributed by atoms with E-state index < -0.39 is 37.4 Å². The van der Waals surface area contributed by atoms with Crippen LogP contribution in [0.2, 0.25) is 0 Å². The molecule has 1 rings (SSSR count). The van der Waals surface area contributed by atoms with Crippen LogP contribution < -0.4 is 16.2 Å². The van der Waals surface area contributed by atoms with Crippen LogP contribution in [0.5, 0.6) is 0 Å². The number of hydrogen-bond acceptors (Lipinski definition) is 4.